The molecule has 0 atom stereocenters. The molecule has 0 fully saturated rings. The number of non-ortho nitro benzene ring substituents is 2. The summed E-state index contributed by atoms with van der Waals surface area (Å²) in [6.45, 7) is 0. The summed E-state index contributed by atoms with van der Waals surface area (Å²) in [5.74, 6) is -1.20. The van der Waals surface area contributed by atoms with Crippen molar-refractivity contribution in [1.82, 2.24) is 9.97 Å². The van der Waals surface area contributed by atoms with Crippen molar-refractivity contribution in [3.63, 3.8) is 0 Å². The first-order chi connectivity index (χ1) is 13.1. The first kappa shape index (κ1) is 19.8. The van der Waals surface area contributed by atoms with E-state index in [1.54, 1.807) is 0 Å². The van der Waals surface area contributed by atoms with Gasteiger partial charge in [0.1, 0.15) is 0 Å². The molecule has 13 heteroatoms. The van der Waals surface area contributed by atoms with Crippen LogP contribution in [0.5, 0.6) is 0 Å². The zero-order chi connectivity index (χ0) is 21.0. The summed E-state index contributed by atoms with van der Waals surface area (Å²) < 4.78 is 0. The fourth-order valence-electron chi connectivity index (χ4n) is 2.13. The van der Waals surface area contributed by atoms with E-state index in [0.29, 0.717) is 0 Å². The largest absolute Gasteiger partial charge is 0.478 e. The van der Waals surface area contributed by atoms with Gasteiger partial charge in [0.05, 0.1) is 32.0 Å². The van der Waals surface area contributed by atoms with E-state index in [-0.39, 0.29) is 33.5 Å². The summed E-state index contributed by atoms with van der Waals surface area (Å²) in [5.41, 5.74) is 3.53. The van der Waals surface area contributed by atoms with Gasteiger partial charge in [0.25, 0.3) is 16.9 Å². The van der Waals surface area contributed by atoms with E-state index in [2.05, 4.69) is 4.98 Å². The number of benzene rings is 2. The van der Waals surface area contributed by atoms with Gasteiger partial charge in [0.15, 0.2) is 0 Å². The average Bonchev–Trinajstić information content (AvgIpc) is 2.61. The Morgan fingerprint density at radius 2 is 1.54 bits per heavy atom. The second-order valence-electron chi connectivity index (χ2n) is 5.23. The van der Waals surface area contributed by atoms with Gasteiger partial charge in [-0.3, -0.25) is 30.0 Å². The van der Waals surface area contributed by atoms with E-state index in [1.807, 2.05) is 4.98 Å². The van der Waals surface area contributed by atoms with E-state index in [1.165, 1.54) is 12.1 Å². The van der Waals surface area contributed by atoms with Crippen LogP contribution in [0.4, 0.5) is 17.1 Å². The highest BCUT2D eigenvalue weighted by molar-refractivity contribution is 5.94. The Morgan fingerprint density at radius 1 is 0.964 bits per heavy atom. The van der Waals surface area contributed by atoms with Crippen LogP contribution >= 0.6 is 0 Å². The highest BCUT2D eigenvalue weighted by Crippen LogP contribution is 2.19. The fourth-order valence-corrected chi connectivity index (χ4v) is 2.13. The lowest BCUT2D eigenvalue weighted by atomic mass is 10.1. The van der Waals surface area contributed by atoms with Gasteiger partial charge in [-0.25, -0.2) is 9.59 Å². The number of nitrogens with two attached hydrogens (primary N) is 1. The summed E-state index contributed by atoms with van der Waals surface area (Å²) in [6, 6.07) is 6.86. The molecule has 0 spiro atoms. The maximum absolute atomic E-state index is 11.2. The van der Waals surface area contributed by atoms with Crippen LogP contribution in [0.1, 0.15) is 10.4 Å². The second kappa shape index (κ2) is 7.77. The molecule has 0 aliphatic heterocycles. The monoisotopic (exact) mass is 389 g/mol. The number of rotatable bonds is 3. The summed E-state index contributed by atoms with van der Waals surface area (Å²) in [7, 11) is 0. The number of hydrogen-bond donors (Lipinski definition) is 4. The molecule has 0 aliphatic carbocycles. The number of H-pyrrole nitrogens is 2. The molecule has 0 unspecified atom stereocenters. The van der Waals surface area contributed by atoms with Gasteiger partial charge in [0, 0.05) is 24.3 Å². The van der Waals surface area contributed by atoms with Crippen LogP contribution in [0.3, 0.4) is 0 Å². The number of carbonyl (C=O) groups is 1. The highest BCUT2D eigenvalue weighted by Gasteiger charge is 2.12. The molecule has 0 saturated heterocycles. The van der Waals surface area contributed by atoms with Crippen molar-refractivity contribution in [3.05, 3.63) is 83.0 Å². The zero-order valence-corrected chi connectivity index (χ0v) is 13.7. The van der Waals surface area contributed by atoms with Crippen LogP contribution in [-0.4, -0.2) is 30.9 Å². The van der Waals surface area contributed by atoms with Gasteiger partial charge in [-0.05, 0) is 12.1 Å². The molecule has 0 bridgehead atoms. The van der Waals surface area contributed by atoms with Gasteiger partial charge >= 0.3 is 11.7 Å². The Balaban J connectivity index is 0.000000203. The quantitative estimate of drug-likeness (QED) is 0.285. The van der Waals surface area contributed by atoms with E-state index in [0.717, 1.165) is 24.3 Å². The molecule has 3 aromatic rings. The number of aromatic nitrogens is 2. The van der Waals surface area contributed by atoms with Crippen molar-refractivity contribution >= 4 is 33.9 Å². The second-order valence-corrected chi connectivity index (χ2v) is 5.23. The molecule has 144 valence electrons. The minimum Gasteiger partial charge on any atom is -0.478 e. The number of aromatic carboxylic acids is 1. The van der Waals surface area contributed by atoms with Crippen molar-refractivity contribution in [3.8, 4) is 0 Å². The maximum Gasteiger partial charge on any atom is 0.337 e. The molecular weight excluding hydrogens is 378 g/mol. The third kappa shape index (κ3) is 4.34. The summed E-state index contributed by atoms with van der Waals surface area (Å²) in [4.78, 5) is 56.4. The molecule has 0 amide bonds. The lowest BCUT2D eigenvalue weighted by Gasteiger charge is -1.98. The number of nitro benzene ring substituents is 2. The van der Waals surface area contributed by atoms with Gasteiger partial charge in [-0.1, -0.05) is 0 Å². The number of carboxylic acids is 1. The predicted molar refractivity (Wildman–Crippen MR) is 96.3 cm³/mol. The number of nitrogens with zero attached hydrogens (tertiary/aromatic N) is 2. The molecule has 5 N–H and O–H groups in total. The Morgan fingerprint density at radius 3 is 2.07 bits per heavy atom. The van der Waals surface area contributed by atoms with Gasteiger partial charge in [0.2, 0.25) is 0 Å². The van der Waals surface area contributed by atoms with Crippen LogP contribution in [0.2, 0.25) is 0 Å². The lowest BCUT2D eigenvalue weighted by molar-refractivity contribution is -0.384. The SMILES string of the molecule is Nc1cc([N+](=O)[O-])ccc1C(=O)O.O=c1[nH]c(=O)c2ccc([N+](=O)[O-])cc2[nH]1. The number of carboxylic acid groups (broad SMARTS) is 1. The Hall–Kier alpha value is -4.55. The van der Waals surface area contributed by atoms with Crippen molar-refractivity contribution < 1.29 is 19.7 Å². The predicted octanol–water partition coefficient (Wildman–Crippen LogP) is 1.000. The number of anilines is 1. The molecule has 1 heterocycles. The molecule has 0 saturated carbocycles. The molecule has 2 aromatic carbocycles. The van der Waals surface area contributed by atoms with Crippen molar-refractivity contribution in [2.45, 2.75) is 0 Å². The molecule has 1 aromatic heterocycles. The van der Waals surface area contributed by atoms with Gasteiger partial charge in [-0.2, -0.15) is 0 Å². The van der Waals surface area contributed by atoms with E-state index < -0.39 is 27.1 Å². The number of nitrogens with one attached hydrogen (secondary N) is 2. The smallest absolute Gasteiger partial charge is 0.337 e. The summed E-state index contributed by atoms with van der Waals surface area (Å²) >= 11 is 0. The molecule has 0 radical (unpaired) electrons. The molecule has 13 nitrogen and oxygen atoms in total. The van der Waals surface area contributed by atoms with Crippen molar-refractivity contribution in [2.24, 2.45) is 0 Å². The fraction of sp³-hybridized carbons (Fsp3) is 0. The number of nitrogen functional groups attached to an aromatic ring is 1. The third-order valence-corrected chi connectivity index (χ3v) is 3.41. The Kier molecular flexibility index (Phi) is 5.49. The van der Waals surface area contributed by atoms with E-state index >= 15 is 0 Å². The maximum atomic E-state index is 11.2. The number of nitro groups is 2. The molecule has 28 heavy (non-hydrogen) atoms. The van der Waals surface area contributed by atoms with Crippen LogP contribution in [-0.2, 0) is 0 Å². The Bertz CT molecular complexity index is 1210. The minimum absolute atomic E-state index is 0.110. The standard InChI is InChI=1S/C8H5N3O4.C7H6N2O4/c12-7-5-2-1-4(11(14)15)3-6(5)9-8(13)10-7;8-6-3-4(9(12)13)1-2-5(6)7(10)11/h1-3H,(H2,9,10,12,13);1-3H,8H2,(H,10,11). The summed E-state index contributed by atoms with van der Waals surface area (Å²) in [5, 5.41) is 29.4. The molecule has 3 rings (SSSR count). The number of fused-ring (bicyclic) bond motifs is 1. The van der Waals surface area contributed by atoms with Crippen molar-refractivity contribution in [2.75, 3.05) is 5.73 Å². The van der Waals surface area contributed by atoms with E-state index in [9.17, 15) is 34.6 Å². The Labute approximate surface area is 153 Å². The van der Waals surface area contributed by atoms with Crippen molar-refractivity contribution in [1.29, 1.82) is 0 Å². The van der Waals surface area contributed by atoms with Crippen LogP contribution < -0.4 is 17.0 Å². The third-order valence-electron chi connectivity index (χ3n) is 3.41. The normalized spacial score (nSPS) is 10.0. The van der Waals surface area contributed by atoms with Crippen LogP contribution in [0.15, 0.2) is 46.0 Å². The van der Waals surface area contributed by atoms with Crippen LogP contribution in [0, 0.1) is 20.2 Å². The lowest BCUT2D eigenvalue weighted by Crippen LogP contribution is -2.21. The topological polar surface area (TPSA) is 215 Å². The molecular formula is C15H11N5O8. The van der Waals surface area contributed by atoms with Crippen LogP contribution in [0.25, 0.3) is 10.9 Å². The minimum atomic E-state index is -1.20. The number of hydrogen-bond acceptors (Lipinski definition) is 8. The van der Waals surface area contributed by atoms with Gasteiger partial charge in [-0.15, -0.1) is 0 Å². The zero-order valence-electron chi connectivity index (χ0n) is 13.7. The first-order valence-corrected chi connectivity index (χ1v) is 7.28. The average molecular weight is 389 g/mol. The number of aromatic amines is 2. The highest BCUT2D eigenvalue weighted by atomic mass is 16.6. The summed E-state index contributed by atoms with van der Waals surface area (Å²) in [6.07, 6.45) is 0. The molecule has 0 aliphatic rings. The van der Waals surface area contributed by atoms with Gasteiger partial charge < -0.3 is 15.8 Å². The van der Waals surface area contributed by atoms with E-state index in [4.69, 9.17) is 10.8 Å². The first-order valence-electron chi connectivity index (χ1n) is 7.28.